The minimum atomic E-state index is -0.751. The minimum absolute atomic E-state index is 0.486. The van der Waals surface area contributed by atoms with Crippen LogP contribution in [0.25, 0.3) is 10.9 Å². The number of hydrogen-bond donors (Lipinski definition) is 3. The van der Waals surface area contributed by atoms with Crippen molar-refractivity contribution in [2.24, 2.45) is 0 Å². The van der Waals surface area contributed by atoms with Gasteiger partial charge in [-0.1, -0.05) is 13.0 Å². The molecule has 0 saturated heterocycles. The van der Waals surface area contributed by atoms with Gasteiger partial charge in [-0.3, -0.25) is 5.32 Å². The highest BCUT2D eigenvalue weighted by atomic mass is 32.1. The van der Waals surface area contributed by atoms with E-state index in [-0.39, 0.29) is 0 Å². The lowest BCUT2D eigenvalue weighted by atomic mass is 9.98. The number of rotatable bonds is 10. The van der Waals surface area contributed by atoms with Crippen LogP contribution in [-0.4, -0.2) is 60.5 Å². The standard InChI is InChI=1S/C25H35N5O3S/c1-5-12-26-18-9-10-19-22(14-18)34-24(28-19)29-25(31)33-16(2)32-21-8-6-7-20-23(21)17(15-27-20)11-13-30(3)4/h6-8,15-16,18,26-27H,5,9-14H2,1-4H3,(H,28,29,31)/t16?,18-/m0/s1. The van der Waals surface area contributed by atoms with Crippen molar-refractivity contribution in [1.29, 1.82) is 0 Å². The second kappa shape index (κ2) is 11.2. The van der Waals surface area contributed by atoms with E-state index < -0.39 is 12.4 Å². The van der Waals surface area contributed by atoms with E-state index in [0.29, 0.717) is 16.9 Å². The number of aryl methyl sites for hydroxylation is 1. The number of hydrogen-bond acceptors (Lipinski definition) is 7. The van der Waals surface area contributed by atoms with Crippen LogP contribution in [0.5, 0.6) is 5.75 Å². The average molecular weight is 486 g/mol. The number of aromatic amines is 1. The smallest absolute Gasteiger partial charge is 0.416 e. The number of ether oxygens (including phenoxy) is 2. The maximum Gasteiger partial charge on any atom is 0.416 e. The van der Waals surface area contributed by atoms with E-state index in [2.05, 4.69) is 46.5 Å². The molecule has 2 aromatic heterocycles. The molecule has 8 nitrogen and oxygen atoms in total. The van der Waals surface area contributed by atoms with Crippen LogP contribution in [0.1, 0.15) is 42.8 Å². The Labute approximate surface area is 205 Å². The number of amides is 1. The molecule has 1 unspecified atom stereocenters. The van der Waals surface area contributed by atoms with Gasteiger partial charge in [-0.05, 0) is 70.4 Å². The zero-order valence-electron chi connectivity index (χ0n) is 20.4. The number of carbonyl (C=O) groups excluding carboxylic acids is 1. The molecule has 3 N–H and O–H groups in total. The summed E-state index contributed by atoms with van der Waals surface area (Å²) in [5, 5.41) is 7.98. The first-order valence-corrected chi connectivity index (χ1v) is 12.8. The second-order valence-corrected chi connectivity index (χ2v) is 10.1. The molecular formula is C25H35N5O3S. The fourth-order valence-electron chi connectivity index (χ4n) is 4.28. The minimum Gasteiger partial charge on any atom is -0.454 e. The number of anilines is 1. The van der Waals surface area contributed by atoms with Crippen molar-refractivity contribution in [2.45, 2.75) is 58.3 Å². The van der Waals surface area contributed by atoms with Gasteiger partial charge >= 0.3 is 6.09 Å². The fraction of sp³-hybridized carbons (Fsp3) is 0.520. The van der Waals surface area contributed by atoms with Crippen LogP contribution >= 0.6 is 11.3 Å². The van der Waals surface area contributed by atoms with E-state index in [9.17, 15) is 4.79 Å². The lowest BCUT2D eigenvalue weighted by molar-refractivity contribution is -0.0109. The number of benzene rings is 1. The summed E-state index contributed by atoms with van der Waals surface area (Å²) in [5.74, 6) is 0.697. The Kier molecular flexibility index (Phi) is 8.07. The lowest BCUT2D eigenvalue weighted by Crippen LogP contribution is -2.34. The molecule has 2 atom stereocenters. The molecule has 0 spiro atoms. The fourth-order valence-corrected chi connectivity index (χ4v) is 5.35. The Bertz CT molecular complexity index is 1110. The maximum atomic E-state index is 12.5. The Morgan fingerprint density at radius 3 is 3.03 bits per heavy atom. The van der Waals surface area contributed by atoms with Crippen molar-refractivity contribution in [3.8, 4) is 5.75 Å². The van der Waals surface area contributed by atoms with E-state index in [0.717, 1.165) is 61.8 Å². The number of aromatic nitrogens is 2. The molecule has 4 rings (SSSR count). The van der Waals surface area contributed by atoms with E-state index in [4.69, 9.17) is 9.47 Å². The van der Waals surface area contributed by atoms with Gasteiger partial charge in [0, 0.05) is 41.5 Å². The summed E-state index contributed by atoms with van der Waals surface area (Å²) in [5.41, 5.74) is 3.27. The van der Waals surface area contributed by atoms with Crippen LogP contribution in [-0.2, 0) is 24.0 Å². The Morgan fingerprint density at radius 1 is 1.38 bits per heavy atom. The molecule has 1 aliphatic rings. The first kappa shape index (κ1) is 24.5. The molecule has 0 fully saturated rings. The van der Waals surface area contributed by atoms with Crippen molar-refractivity contribution in [3.05, 3.63) is 40.5 Å². The first-order valence-electron chi connectivity index (χ1n) is 12.0. The first-order chi connectivity index (χ1) is 16.4. The summed E-state index contributed by atoms with van der Waals surface area (Å²) in [4.78, 5) is 23.8. The molecule has 3 aromatic rings. The summed E-state index contributed by atoms with van der Waals surface area (Å²) in [6.07, 6.45) is 5.69. The van der Waals surface area contributed by atoms with E-state index in [1.807, 2.05) is 24.4 Å². The SMILES string of the molecule is CCCN[C@H]1CCc2nc(NC(=O)OC(C)Oc3cccc4[nH]cc(CCN(C)C)c34)sc2C1. The zero-order chi connectivity index (χ0) is 24.1. The Hall–Kier alpha value is -2.62. The molecular weight excluding hydrogens is 450 g/mol. The van der Waals surface area contributed by atoms with Crippen molar-refractivity contribution >= 4 is 33.5 Å². The molecule has 9 heteroatoms. The normalized spacial score (nSPS) is 16.4. The van der Waals surface area contributed by atoms with Gasteiger partial charge in [-0.15, -0.1) is 11.3 Å². The zero-order valence-corrected chi connectivity index (χ0v) is 21.3. The highest BCUT2D eigenvalue weighted by Crippen LogP contribution is 2.31. The van der Waals surface area contributed by atoms with Gasteiger partial charge < -0.3 is 24.7 Å². The van der Waals surface area contributed by atoms with Crippen LogP contribution in [0.2, 0.25) is 0 Å². The lowest BCUT2D eigenvalue weighted by Gasteiger charge is -2.21. The van der Waals surface area contributed by atoms with E-state index >= 15 is 0 Å². The molecule has 0 saturated carbocycles. The largest absolute Gasteiger partial charge is 0.454 e. The molecule has 1 aliphatic carbocycles. The van der Waals surface area contributed by atoms with Crippen LogP contribution < -0.4 is 15.4 Å². The van der Waals surface area contributed by atoms with Gasteiger partial charge in [0.15, 0.2) is 5.13 Å². The van der Waals surface area contributed by atoms with Crippen LogP contribution in [0.4, 0.5) is 9.93 Å². The molecule has 184 valence electrons. The molecule has 2 heterocycles. The van der Waals surface area contributed by atoms with Gasteiger partial charge in [0.1, 0.15) is 5.75 Å². The van der Waals surface area contributed by atoms with Crippen LogP contribution in [0, 0.1) is 0 Å². The average Bonchev–Trinajstić information content (AvgIpc) is 3.39. The maximum absolute atomic E-state index is 12.5. The molecule has 1 aromatic carbocycles. The number of thiazole rings is 1. The molecule has 0 bridgehead atoms. The summed E-state index contributed by atoms with van der Waals surface area (Å²) in [6, 6.07) is 6.34. The van der Waals surface area contributed by atoms with Gasteiger partial charge in [-0.25, -0.2) is 9.78 Å². The molecule has 0 radical (unpaired) electrons. The highest BCUT2D eigenvalue weighted by Gasteiger charge is 2.23. The molecule has 1 amide bonds. The molecule has 0 aliphatic heterocycles. The summed E-state index contributed by atoms with van der Waals surface area (Å²) >= 11 is 1.53. The van der Waals surface area contributed by atoms with Crippen molar-refractivity contribution < 1.29 is 14.3 Å². The predicted octanol–water partition coefficient (Wildman–Crippen LogP) is 4.56. The van der Waals surface area contributed by atoms with Crippen LogP contribution in [0.15, 0.2) is 24.4 Å². The summed E-state index contributed by atoms with van der Waals surface area (Å²) in [7, 11) is 4.11. The van der Waals surface area contributed by atoms with Crippen molar-refractivity contribution in [3.63, 3.8) is 0 Å². The van der Waals surface area contributed by atoms with Gasteiger partial charge in [0.05, 0.1) is 5.69 Å². The second-order valence-electron chi connectivity index (χ2n) is 9.04. The van der Waals surface area contributed by atoms with Gasteiger partial charge in [0.2, 0.25) is 6.29 Å². The third-order valence-corrected chi connectivity index (χ3v) is 7.01. The van der Waals surface area contributed by atoms with Gasteiger partial charge in [-0.2, -0.15) is 0 Å². The topological polar surface area (TPSA) is 91.5 Å². The number of fused-ring (bicyclic) bond motifs is 2. The van der Waals surface area contributed by atoms with Crippen LogP contribution in [0.3, 0.4) is 0 Å². The quantitative estimate of drug-likeness (QED) is 0.365. The number of likely N-dealkylation sites (N-methyl/N-ethyl adjacent to an activating group) is 1. The predicted molar refractivity (Wildman–Crippen MR) is 137 cm³/mol. The third-order valence-electron chi connectivity index (χ3n) is 5.98. The van der Waals surface area contributed by atoms with E-state index in [1.54, 1.807) is 6.92 Å². The number of carbonyl (C=O) groups is 1. The number of nitrogens with zero attached hydrogens (tertiary/aromatic N) is 2. The third kappa shape index (κ3) is 6.08. The summed E-state index contributed by atoms with van der Waals surface area (Å²) in [6.45, 7) is 5.86. The highest BCUT2D eigenvalue weighted by molar-refractivity contribution is 7.15. The number of nitrogens with one attached hydrogen (secondary N) is 3. The number of H-pyrrole nitrogens is 1. The molecule has 34 heavy (non-hydrogen) atoms. The monoisotopic (exact) mass is 485 g/mol. The van der Waals surface area contributed by atoms with E-state index in [1.165, 1.54) is 21.8 Å². The Balaban J connectivity index is 1.35. The summed E-state index contributed by atoms with van der Waals surface area (Å²) < 4.78 is 11.5. The van der Waals surface area contributed by atoms with Crippen molar-refractivity contribution in [2.75, 3.05) is 32.5 Å². The Morgan fingerprint density at radius 2 is 2.24 bits per heavy atom. The van der Waals surface area contributed by atoms with Gasteiger partial charge in [0.25, 0.3) is 0 Å². The van der Waals surface area contributed by atoms with Crippen molar-refractivity contribution in [1.82, 2.24) is 20.2 Å².